The van der Waals surface area contributed by atoms with E-state index in [2.05, 4.69) is 10.1 Å². The second-order valence-corrected chi connectivity index (χ2v) is 5.01. The van der Waals surface area contributed by atoms with Crippen LogP contribution in [0.5, 0.6) is 0 Å². The summed E-state index contributed by atoms with van der Waals surface area (Å²) in [6.45, 7) is 0. The first-order chi connectivity index (χ1) is 11.0. The Labute approximate surface area is 133 Å². The van der Waals surface area contributed by atoms with Gasteiger partial charge in [0.2, 0.25) is 0 Å². The smallest absolute Gasteiger partial charge is 0.326 e. The van der Waals surface area contributed by atoms with Gasteiger partial charge in [0.1, 0.15) is 6.04 Å². The lowest BCUT2D eigenvalue weighted by Gasteiger charge is -2.15. The van der Waals surface area contributed by atoms with Gasteiger partial charge < -0.3 is 15.2 Å². The van der Waals surface area contributed by atoms with E-state index < -0.39 is 23.9 Å². The molecule has 120 valence electrons. The molecule has 6 heteroatoms. The summed E-state index contributed by atoms with van der Waals surface area (Å²) in [4.78, 5) is 34.8. The Morgan fingerprint density at radius 2 is 1.83 bits per heavy atom. The molecule has 2 aromatic carbocycles. The zero-order chi connectivity index (χ0) is 16.8. The third-order valence-corrected chi connectivity index (χ3v) is 3.50. The van der Waals surface area contributed by atoms with Gasteiger partial charge in [0.05, 0.1) is 7.11 Å². The van der Waals surface area contributed by atoms with Crippen LogP contribution in [0.2, 0.25) is 0 Å². The van der Waals surface area contributed by atoms with Gasteiger partial charge in [-0.3, -0.25) is 9.59 Å². The normalized spacial score (nSPS) is 11.7. The zero-order valence-corrected chi connectivity index (χ0v) is 12.6. The molecule has 0 aliphatic rings. The lowest BCUT2D eigenvalue weighted by atomic mass is 10.0. The van der Waals surface area contributed by atoms with Crippen LogP contribution < -0.4 is 5.32 Å². The predicted octanol–water partition coefficient (Wildman–Crippen LogP) is 1.98. The topological polar surface area (TPSA) is 92.7 Å². The first-order valence-corrected chi connectivity index (χ1v) is 7.11. The molecule has 6 nitrogen and oxygen atoms in total. The van der Waals surface area contributed by atoms with Crippen molar-refractivity contribution in [3.63, 3.8) is 0 Å². The molecule has 2 rings (SSSR count). The molecule has 2 N–H and O–H groups in total. The van der Waals surface area contributed by atoms with Gasteiger partial charge in [-0.15, -0.1) is 0 Å². The van der Waals surface area contributed by atoms with Gasteiger partial charge in [0.25, 0.3) is 5.91 Å². The number of amides is 1. The highest BCUT2D eigenvalue weighted by atomic mass is 16.5. The molecule has 0 aliphatic heterocycles. The standard InChI is InChI=1S/C17H17NO5/c1-23-15(19)10-9-14(17(21)22)18-16(20)13-8-4-6-11-5-2-3-7-12(11)13/h2-8,14H,9-10H2,1H3,(H,18,20)(H,21,22)/t14-/m1/s1. The minimum absolute atomic E-state index is 0.0293. The number of carbonyl (C=O) groups is 3. The largest absolute Gasteiger partial charge is 0.480 e. The van der Waals surface area contributed by atoms with Crippen LogP contribution in [0.3, 0.4) is 0 Å². The van der Waals surface area contributed by atoms with Crippen molar-refractivity contribution in [3.05, 3.63) is 48.0 Å². The average Bonchev–Trinajstić information content (AvgIpc) is 2.57. The number of methoxy groups -OCH3 is 1. The monoisotopic (exact) mass is 315 g/mol. The lowest BCUT2D eigenvalue weighted by Crippen LogP contribution is -2.41. The summed E-state index contributed by atoms with van der Waals surface area (Å²) in [6, 6.07) is 11.4. The van der Waals surface area contributed by atoms with Crippen molar-refractivity contribution in [1.29, 1.82) is 0 Å². The number of rotatable bonds is 6. The Morgan fingerprint density at radius 3 is 2.52 bits per heavy atom. The van der Waals surface area contributed by atoms with Crippen LogP contribution in [0, 0.1) is 0 Å². The van der Waals surface area contributed by atoms with Crippen molar-refractivity contribution in [2.24, 2.45) is 0 Å². The molecular weight excluding hydrogens is 298 g/mol. The summed E-state index contributed by atoms with van der Waals surface area (Å²) in [5, 5.41) is 13.3. The fourth-order valence-electron chi connectivity index (χ4n) is 2.28. The van der Waals surface area contributed by atoms with Crippen LogP contribution in [-0.2, 0) is 14.3 Å². The Bertz CT molecular complexity index is 735. The quantitative estimate of drug-likeness (QED) is 0.795. The number of hydrogen-bond donors (Lipinski definition) is 2. The Hall–Kier alpha value is -2.89. The number of fused-ring (bicyclic) bond motifs is 1. The molecule has 0 saturated heterocycles. The van der Waals surface area contributed by atoms with E-state index >= 15 is 0 Å². The molecule has 0 heterocycles. The van der Waals surface area contributed by atoms with Crippen LogP contribution in [0.25, 0.3) is 10.8 Å². The first-order valence-electron chi connectivity index (χ1n) is 7.11. The van der Waals surface area contributed by atoms with Crippen molar-refractivity contribution in [1.82, 2.24) is 5.32 Å². The van der Waals surface area contributed by atoms with Gasteiger partial charge in [-0.25, -0.2) is 4.79 Å². The zero-order valence-electron chi connectivity index (χ0n) is 12.6. The number of carbonyl (C=O) groups excluding carboxylic acids is 2. The number of hydrogen-bond acceptors (Lipinski definition) is 4. The van der Waals surface area contributed by atoms with Crippen molar-refractivity contribution in [2.75, 3.05) is 7.11 Å². The fourth-order valence-corrected chi connectivity index (χ4v) is 2.28. The van der Waals surface area contributed by atoms with Crippen LogP contribution in [0.15, 0.2) is 42.5 Å². The minimum Gasteiger partial charge on any atom is -0.480 e. The number of nitrogens with one attached hydrogen (secondary N) is 1. The van der Waals surface area contributed by atoms with Crippen molar-refractivity contribution >= 4 is 28.6 Å². The SMILES string of the molecule is COC(=O)CC[C@@H](NC(=O)c1cccc2ccccc12)C(=O)O. The molecule has 1 atom stereocenters. The molecule has 0 aliphatic carbocycles. The molecule has 0 bridgehead atoms. The van der Waals surface area contributed by atoms with Gasteiger partial charge in [0.15, 0.2) is 0 Å². The maximum atomic E-state index is 12.4. The number of carboxylic acid groups (broad SMARTS) is 1. The van der Waals surface area contributed by atoms with Gasteiger partial charge in [-0.1, -0.05) is 36.4 Å². The van der Waals surface area contributed by atoms with Gasteiger partial charge in [-0.05, 0) is 23.3 Å². The summed E-state index contributed by atoms with van der Waals surface area (Å²) >= 11 is 0. The van der Waals surface area contributed by atoms with E-state index in [0.29, 0.717) is 5.56 Å². The third-order valence-electron chi connectivity index (χ3n) is 3.50. The maximum Gasteiger partial charge on any atom is 0.326 e. The lowest BCUT2D eigenvalue weighted by molar-refractivity contribution is -0.142. The molecule has 23 heavy (non-hydrogen) atoms. The molecule has 0 saturated carbocycles. The number of esters is 1. The maximum absolute atomic E-state index is 12.4. The Balaban J connectivity index is 2.17. The number of ether oxygens (including phenoxy) is 1. The minimum atomic E-state index is -1.19. The van der Waals surface area contributed by atoms with E-state index in [0.717, 1.165) is 10.8 Å². The van der Waals surface area contributed by atoms with Crippen LogP contribution in [-0.4, -0.2) is 36.1 Å². The molecule has 0 unspecified atom stereocenters. The molecular formula is C17H17NO5. The molecule has 1 amide bonds. The first kappa shape index (κ1) is 16.5. The van der Waals surface area contributed by atoms with Gasteiger partial charge in [-0.2, -0.15) is 0 Å². The van der Waals surface area contributed by atoms with Gasteiger partial charge >= 0.3 is 11.9 Å². The Kier molecular flexibility index (Phi) is 5.30. The Morgan fingerprint density at radius 1 is 1.13 bits per heavy atom. The predicted molar refractivity (Wildman–Crippen MR) is 84.1 cm³/mol. The van der Waals surface area contributed by atoms with Crippen molar-refractivity contribution < 1.29 is 24.2 Å². The fraction of sp³-hybridized carbons (Fsp3) is 0.235. The summed E-state index contributed by atoms with van der Waals surface area (Å²) in [5.41, 5.74) is 0.396. The third kappa shape index (κ3) is 4.06. The highest BCUT2D eigenvalue weighted by Crippen LogP contribution is 2.18. The van der Waals surface area contributed by atoms with E-state index in [-0.39, 0.29) is 12.8 Å². The summed E-state index contributed by atoms with van der Waals surface area (Å²) in [6.07, 6.45) is -0.109. The van der Waals surface area contributed by atoms with Crippen molar-refractivity contribution in [3.8, 4) is 0 Å². The highest BCUT2D eigenvalue weighted by Gasteiger charge is 2.22. The number of aliphatic carboxylic acids is 1. The summed E-state index contributed by atoms with van der Waals surface area (Å²) in [7, 11) is 1.23. The molecule has 2 aromatic rings. The summed E-state index contributed by atoms with van der Waals surface area (Å²) < 4.78 is 4.48. The summed E-state index contributed by atoms with van der Waals surface area (Å²) in [5.74, 6) is -2.20. The van der Waals surface area contributed by atoms with Crippen molar-refractivity contribution in [2.45, 2.75) is 18.9 Å². The second kappa shape index (κ2) is 7.40. The second-order valence-electron chi connectivity index (χ2n) is 5.01. The van der Waals surface area contributed by atoms with Crippen LogP contribution in [0.4, 0.5) is 0 Å². The van der Waals surface area contributed by atoms with E-state index in [1.807, 2.05) is 24.3 Å². The molecule has 0 radical (unpaired) electrons. The average molecular weight is 315 g/mol. The van der Waals surface area contributed by atoms with E-state index in [4.69, 9.17) is 0 Å². The van der Waals surface area contributed by atoms with E-state index in [1.54, 1.807) is 18.2 Å². The van der Waals surface area contributed by atoms with Gasteiger partial charge in [0, 0.05) is 12.0 Å². The molecule has 0 aromatic heterocycles. The molecule has 0 fully saturated rings. The van der Waals surface area contributed by atoms with E-state index in [9.17, 15) is 19.5 Å². The van der Waals surface area contributed by atoms with Crippen LogP contribution in [0.1, 0.15) is 23.2 Å². The van der Waals surface area contributed by atoms with Crippen LogP contribution >= 0.6 is 0 Å². The van der Waals surface area contributed by atoms with E-state index in [1.165, 1.54) is 7.11 Å². The number of carboxylic acids is 1. The molecule has 0 spiro atoms. The number of benzene rings is 2. The highest BCUT2D eigenvalue weighted by molar-refractivity contribution is 6.07.